The summed E-state index contributed by atoms with van der Waals surface area (Å²) in [5, 5.41) is 0. The molecule has 25 heavy (non-hydrogen) atoms. The van der Waals surface area contributed by atoms with E-state index in [-0.39, 0.29) is 0 Å². The largest absolute Gasteiger partial charge is 0.784 e. The highest BCUT2D eigenvalue weighted by Crippen LogP contribution is 2.30. The summed E-state index contributed by atoms with van der Waals surface area (Å²) >= 11 is 0. The first-order valence-electron chi connectivity index (χ1n) is 10.7. The third-order valence-corrected chi connectivity index (χ3v) is 8.85. The average Bonchev–Trinajstić information content (AvgIpc) is 2.57. The van der Waals surface area contributed by atoms with Gasteiger partial charge in [0.15, 0.2) is 0 Å². The first-order valence-corrected chi connectivity index (χ1v) is 12.4. The normalized spacial score (nSPS) is 14.0. The van der Waals surface area contributed by atoms with Crippen molar-refractivity contribution < 1.29 is 17.4 Å². The second-order valence-corrected chi connectivity index (χ2v) is 10.4. The van der Waals surface area contributed by atoms with Crippen molar-refractivity contribution in [2.24, 2.45) is 0 Å². The molecule has 4 nitrogen and oxygen atoms in total. The van der Waals surface area contributed by atoms with Crippen LogP contribution in [-0.4, -0.2) is 53.1 Å². The van der Waals surface area contributed by atoms with Gasteiger partial charge in [-0.25, -0.2) is 0 Å². The molecule has 0 saturated carbocycles. The summed E-state index contributed by atoms with van der Waals surface area (Å²) in [6, 6.07) is 0.535. The molecule has 0 saturated heterocycles. The molecule has 0 amide bonds. The summed E-state index contributed by atoms with van der Waals surface area (Å²) in [6.45, 7) is 12.6. The highest BCUT2D eigenvalue weighted by atomic mass is 28.4. The van der Waals surface area contributed by atoms with E-state index in [0.29, 0.717) is 25.9 Å². The summed E-state index contributed by atoms with van der Waals surface area (Å²) in [7, 11) is 1.77. The maximum absolute atomic E-state index is 6.23. The molecule has 0 aromatic heterocycles. The molecule has 0 bridgehead atoms. The number of rotatable bonds is 17. The van der Waals surface area contributed by atoms with E-state index in [2.05, 4.69) is 27.9 Å². The van der Waals surface area contributed by atoms with Gasteiger partial charge >= 0.3 is 8.97 Å². The van der Waals surface area contributed by atoms with Crippen LogP contribution in [0, 0.1) is 0 Å². The first kappa shape index (κ1) is 25.1. The van der Waals surface area contributed by atoms with Crippen molar-refractivity contribution >= 4 is 8.97 Å². The molecule has 0 aromatic carbocycles. The number of hydrogen-bond donors (Lipinski definition) is 0. The van der Waals surface area contributed by atoms with Crippen LogP contribution in [0.1, 0.15) is 92.4 Å². The third-order valence-electron chi connectivity index (χ3n) is 5.11. The van der Waals surface area contributed by atoms with E-state index in [1.165, 1.54) is 57.8 Å². The zero-order valence-electron chi connectivity index (χ0n) is 18.2. The second kappa shape index (κ2) is 14.2. The Bertz CT molecular complexity index is 296. The number of quaternary nitrogens is 1. The van der Waals surface area contributed by atoms with Crippen molar-refractivity contribution in [3.63, 3.8) is 0 Å². The molecule has 0 N–H and O–H groups in total. The topological polar surface area (TPSA) is 27.7 Å². The number of nitrogens with zero attached hydrogens (tertiary/aromatic N) is 1. The minimum Gasteiger partial charge on any atom is -0.325 e. The van der Waals surface area contributed by atoms with Gasteiger partial charge in [0.2, 0.25) is 0 Å². The van der Waals surface area contributed by atoms with Gasteiger partial charge in [0.25, 0.3) is 0 Å². The Hall–Kier alpha value is 0.0569. The van der Waals surface area contributed by atoms with Gasteiger partial charge < -0.3 is 17.4 Å². The lowest BCUT2D eigenvalue weighted by Crippen LogP contribution is -2.73. The van der Waals surface area contributed by atoms with Gasteiger partial charge in [-0.2, -0.15) is 0 Å². The van der Waals surface area contributed by atoms with Gasteiger partial charge in [0.1, 0.15) is 0 Å². The fourth-order valence-corrected chi connectivity index (χ4v) is 6.73. The predicted molar refractivity (Wildman–Crippen MR) is 109 cm³/mol. The van der Waals surface area contributed by atoms with Gasteiger partial charge in [0.05, 0.1) is 20.1 Å². The van der Waals surface area contributed by atoms with Crippen LogP contribution in [0.5, 0.6) is 0 Å². The van der Waals surface area contributed by atoms with Crippen LogP contribution >= 0.6 is 0 Å². The van der Waals surface area contributed by atoms with Crippen LogP contribution in [-0.2, 0) is 13.3 Å². The van der Waals surface area contributed by atoms with Gasteiger partial charge in [-0.05, 0) is 40.0 Å². The smallest absolute Gasteiger partial charge is 0.325 e. The minimum atomic E-state index is -2.77. The Kier molecular flexibility index (Phi) is 14.2. The predicted octanol–water partition coefficient (Wildman–Crippen LogP) is 5.53. The van der Waals surface area contributed by atoms with Crippen molar-refractivity contribution in [3.05, 3.63) is 0 Å². The monoisotopic (exact) mass is 376 g/mol. The zero-order chi connectivity index (χ0) is 19.2. The molecule has 5 heteroatoms. The maximum atomic E-state index is 6.23. The Morgan fingerprint density at radius 3 is 1.56 bits per heavy atom. The Morgan fingerprint density at radius 1 is 0.640 bits per heavy atom. The van der Waals surface area contributed by atoms with Crippen LogP contribution in [0.4, 0.5) is 0 Å². The minimum absolute atomic E-state index is 0.535. The average molecular weight is 377 g/mol. The highest BCUT2D eigenvalue weighted by Gasteiger charge is 2.64. The van der Waals surface area contributed by atoms with E-state index in [9.17, 15) is 0 Å². The maximum Gasteiger partial charge on any atom is 0.784 e. The molecule has 0 aliphatic carbocycles. The second-order valence-electron chi connectivity index (χ2n) is 7.36. The van der Waals surface area contributed by atoms with Crippen LogP contribution in [0.3, 0.4) is 0 Å². The lowest BCUT2D eigenvalue weighted by atomic mass is 10.0. The highest BCUT2D eigenvalue weighted by molar-refractivity contribution is 6.52. The molecule has 0 heterocycles. The van der Waals surface area contributed by atoms with Gasteiger partial charge in [-0.15, -0.1) is 0 Å². The van der Waals surface area contributed by atoms with E-state index in [0.717, 1.165) is 4.15 Å². The fraction of sp³-hybridized carbons (Fsp3) is 1.00. The molecule has 0 aliphatic heterocycles. The summed E-state index contributed by atoms with van der Waals surface area (Å²) in [6.07, 6.45) is 11.7. The Morgan fingerprint density at radius 2 is 1.12 bits per heavy atom. The van der Waals surface area contributed by atoms with Crippen molar-refractivity contribution in [1.82, 2.24) is 0 Å². The van der Waals surface area contributed by atoms with E-state index < -0.39 is 8.97 Å². The fourth-order valence-electron chi connectivity index (χ4n) is 3.68. The summed E-state index contributed by atoms with van der Waals surface area (Å²) in [5.74, 6) is 0. The molecule has 0 radical (unpaired) electrons. The molecule has 1 atom stereocenters. The molecule has 0 rings (SSSR count). The lowest BCUT2D eigenvalue weighted by Gasteiger charge is -2.46. The standard InChI is InChI=1S/C20H46NO3Si/c1-8-13-14-15-16-17-19-20(18-9-2)21(6,7)25(22-10-3,23-11-4)24-12-5/h20H,8-19H2,1-7H3/q+1. The van der Waals surface area contributed by atoms with Crippen LogP contribution in [0.25, 0.3) is 0 Å². The van der Waals surface area contributed by atoms with Crippen molar-refractivity contribution in [3.8, 4) is 0 Å². The van der Waals surface area contributed by atoms with Crippen LogP contribution in [0.15, 0.2) is 0 Å². The molecule has 1 unspecified atom stereocenters. The quantitative estimate of drug-likeness (QED) is 0.247. The number of hydrogen-bond acceptors (Lipinski definition) is 3. The Balaban J connectivity index is 5.06. The zero-order valence-corrected chi connectivity index (χ0v) is 19.2. The van der Waals surface area contributed by atoms with Gasteiger partial charge in [-0.3, -0.25) is 0 Å². The molecule has 0 spiro atoms. The van der Waals surface area contributed by atoms with Gasteiger partial charge in [-0.1, -0.05) is 52.4 Å². The SMILES string of the molecule is CCCCCCCCC(CCC)[N+](C)(C)[Si](OCC)(OCC)OCC. The van der Waals surface area contributed by atoms with Crippen molar-refractivity contribution in [2.45, 2.75) is 98.4 Å². The van der Waals surface area contributed by atoms with E-state index in [1.54, 1.807) is 0 Å². The lowest BCUT2D eigenvalue weighted by molar-refractivity contribution is -0.847. The number of unbranched alkanes of at least 4 members (excludes halogenated alkanes) is 5. The third kappa shape index (κ3) is 8.08. The van der Waals surface area contributed by atoms with E-state index in [1.807, 2.05) is 20.8 Å². The summed E-state index contributed by atoms with van der Waals surface area (Å²) < 4.78 is 19.4. The summed E-state index contributed by atoms with van der Waals surface area (Å²) in [4.78, 5) is 0. The van der Waals surface area contributed by atoms with Crippen molar-refractivity contribution in [1.29, 1.82) is 0 Å². The summed E-state index contributed by atoms with van der Waals surface area (Å²) in [5.41, 5.74) is 0. The molecule has 0 aliphatic rings. The van der Waals surface area contributed by atoms with Crippen molar-refractivity contribution in [2.75, 3.05) is 33.9 Å². The van der Waals surface area contributed by atoms with Crippen LogP contribution < -0.4 is 0 Å². The van der Waals surface area contributed by atoms with E-state index >= 15 is 0 Å². The molecule has 0 fully saturated rings. The van der Waals surface area contributed by atoms with E-state index in [4.69, 9.17) is 13.3 Å². The first-order chi connectivity index (χ1) is 12.0. The molecule has 152 valence electrons. The van der Waals surface area contributed by atoms with Gasteiger partial charge in [0, 0.05) is 19.8 Å². The molecule has 0 aromatic rings. The molecular formula is C20H46NO3Si+. The Labute approximate surface area is 159 Å². The van der Waals surface area contributed by atoms with Crippen LogP contribution in [0.2, 0.25) is 0 Å². The molecular weight excluding hydrogens is 330 g/mol.